The number of aromatic nitrogens is 2. The number of nitrogen functional groups attached to an aromatic ring is 2. The summed E-state index contributed by atoms with van der Waals surface area (Å²) < 4.78 is 0. The number of nitrogens with one attached hydrogen (secondary N) is 1. The van der Waals surface area contributed by atoms with Gasteiger partial charge in [0.05, 0.1) is 11.4 Å². The lowest BCUT2D eigenvalue weighted by atomic mass is 10.3. The van der Waals surface area contributed by atoms with Gasteiger partial charge in [-0.1, -0.05) is 6.08 Å². The molecule has 4 heteroatoms. The van der Waals surface area contributed by atoms with Crippen LogP contribution in [0.5, 0.6) is 0 Å². The smallest absolute Gasteiger partial charge is 0.168 e. The molecule has 1 aromatic rings. The fraction of sp³-hybridized carbons (Fsp3) is 0.167. The van der Waals surface area contributed by atoms with E-state index in [1.807, 2.05) is 0 Å². The largest absolute Gasteiger partial charge is 0.394 e. The number of nitrogens with two attached hydrogens (primary N) is 2. The zero-order valence-corrected chi connectivity index (χ0v) is 5.59. The van der Waals surface area contributed by atoms with E-state index in [0.29, 0.717) is 17.9 Å². The number of aromatic amines is 1. The van der Waals surface area contributed by atoms with Gasteiger partial charge in [-0.3, -0.25) is 5.10 Å². The first-order valence-electron chi connectivity index (χ1n) is 2.94. The molecule has 0 atom stereocenters. The van der Waals surface area contributed by atoms with E-state index < -0.39 is 0 Å². The molecule has 0 fully saturated rings. The lowest BCUT2D eigenvalue weighted by Crippen LogP contribution is -1.93. The van der Waals surface area contributed by atoms with Crippen LogP contribution in [0.25, 0.3) is 0 Å². The Balaban J connectivity index is 2.93. The van der Waals surface area contributed by atoms with Crippen LogP contribution < -0.4 is 11.5 Å². The topological polar surface area (TPSA) is 80.7 Å². The molecule has 1 aromatic heterocycles. The van der Waals surface area contributed by atoms with E-state index in [2.05, 4.69) is 16.8 Å². The molecule has 0 aliphatic rings. The van der Waals surface area contributed by atoms with Gasteiger partial charge in [0.1, 0.15) is 0 Å². The summed E-state index contributed by atoms with van der Waals surface area (Å²) in [6, 6.07) is 0. The van der Waals surface area contributed by atoms with E-state index in [9.17, 15) is 0 Å². The van der Waals surface area contributed by atoms with E-state index in [-0.39, 0.29) is 0 Å². The second-order valence-corrected chi connectivity index (χ2v) is 1.99. The van der Waals surface area contributed by atoms with Crippen molar-refractivity contribution in [2.75, 3.05) is 11.5 Å². The SMILES string of the molecule is C=CCc1[nH]nc(N)c1N. The average molecular weight is 138 g/mol. The number of nitrogens with zero attached hydrogens (tertiary/aromatic N) is 1. The molecular weight excluding hydrogens is 128 g/mol. The number of hydrogen-bond acceptors (Lipinski definition) is 3. The van der Waals surface area contributed by atoms with E-state index >= 15 is 0 Å². The van der Waals surface area contributed by atoms with Gasteiger partial charge in [-0.2, -0.15) is 5.10 Å². The maximum Gasteiger partial charge on any atom is 0.168 e. The van der Waals surface area contributed by atoms with Gasteiger partial charge in [0, 0.05) is 6.42 Å². The highest BCUT2D eigenvalue weighted by Gasteiger charge is 2.03. The summed E-state index contributed by atoms with van der Waals surface area (Å²) in [5.74, 6) is 0.358. The van der Waals surface area contributed by atoms with Crippen LogP contribution in [0, 0.1) is 0 Å². The monoisotopic (exact) mass is 138 g/mol. The number of hydrogen-bond donors (Lipinski definition) is 3. The number of anilines is 2. The summed E-state index contributed by atoms with van der Waals surface area (Å²) in [5.41, 5.74) is 12.2. The summed E-state index contributed by atoms with van der Waals surface area (Å²) in [6.07, 6.45) is 2.42. The molecule has 0 spiro atoms. The molecule has 0 saturated heterocycles. The van der Waals surface area contributed by atoms with Crippen molar-refractivity contribution >= 4 is 11.5 Å². The normalized spacial score (nSPS) is 9.60. The average Bonchev–Trinajstić information content (AvgIpc) is 2.20. The van der Waals surface area contributed by atoms with Crippen molar-refractivity contribution in [3.63, 3.8) is 0 Å². The van der Waals surface area contributed by atoms with E-state index in [1.165, 1.54) is 0 Å². The molecule has 10 heavy (non-hydrogen) atoms. The summed E-state index contributed by atoms with van der Waals surface area (Å²) in [7, 11) is 0. The maximum absolute atomic E-state index is 5.52. The molecule has 0 saturated carbocycles. The lowest BCUT2D eigenvalue weighted by Gasteiger charge is -1.90. The molecule has 54 valence electrons. The highest BCUT2D eigenvalue weighted by molar-refractivity contribution is 5.61. The summed E-state index contributed by atoms with van der Waals surface area (Å²) in [6.45, 7) is 3.56. The highest BCUT2D eigenvalue weighted by atomic mass is 15.2. The van der Waals surface area contributed by atoms with E-state index in [4.69, 9.17) is 11.5 Å². The minimum atomic E-state index is 0.358. The first-order chi connectivity index (χ1) is 4.75. The van der Waals surface area contributed by atoms with Crippen LogP contribution in [-0.4, -0.2) is 10.2 Å². The fourth-order valence-electron chi connectivity index (χ4n) is 0.703. The first-order valence-corrected chi connectivity index (χ1v) is 2.94. The van der Waals surface area contributed by atoms with Gasteiger partial charge >= 0.3 is 0 Å². The Morgan fingerprint density at radius 1 is 1.60 bits per heavy atom. The molecule has 5 N–H and O–H groups in total. The third-order valence-corrected chi connectivity index (χ3v) is 1.26. The van der Waals surface area contributed by atoms with Gasteiger partial charge in [-0.05, 0) is 0 Å². The summed E-state index contributed by atoms with van der Waals surface area (Å²) in [4.78, 5) is 0. The highest BCUT2D eigenvalue weighted by Crippen LogP contribution is 2.15. The Morgan fingerprint density at radius 2 is 2.30 bits per heavy atom. The predicted octanol–water partition coefficient (Wildman–Crippen LogP) is 0.303. The van der Waals surface area contributed by atoms with Crippen molar-refractivity contribution in [3.05, 3.63) is 18.3 Å². The molecule has 0 bridgehead atoms. The van der Waals surface area contributed by atoms with Crippen LogP contribution >= 0.6 is 0 Å². The minimum Gasteiger partial charge on any atom is -0.394 e. The number of rotatable bonds is 2. The molecule has 0 unspecified atom stereocenters. The van der Waals surface area contributed by atoms with Gasteiger partial charge in [0.2, 0.25) is 0 Å². The standard InChI is InChI=1S/C6H10N4/c1-2-3-4-5(7)6(8)10-9-4/h2H,1,3,7H2,(H3,8,9,10). The molecule has 0 aliphatic carbocycles. The molecule has 0 radical (unpaired) electrons. The quantitative estimate of drug-likeness (QED) is 0.514. The van der Waals surface area contributed by atoms with Crippen molar-refractivity contribution in [1.82, 2.24) is 10.2 Å². The van der Waals surface area contributed by atoms with Gasteiger partial charge in [0.25, 0.3) is 0 Å². The Labute approximate surface area is 58.9 Å². The van der Waals surface area contributed by atoms with Crippen molar-refractivity contribution in [1.29, 1.82) is 0 Å². The Bertz CT molecular complexity index is 238. The van der Waals surface area contributed by atoms with E-state index in [0.717, 1.165) is 5.69 Å². The molecular formula is C6H10N4. The van der Waals surface area contributed by atoms with Gasteiger partial charge in [-0.25, -0.2) is 0 Å². The van der Waals surface area contributed by atoms with E-state index in [1.54, 1.807) is 6.08 Å². The van der Waals surface area contributed by atoms with Crippen molar-refractivity contribution < 1.29 is 0 Å². The number of H-pyrrole nitrogens is 1. The van der Waals surface area contributed by atoms with Crippen molar-refractivity contribution in [2.24, 2.45) is 0 Å². The van der Waals surface area contributed by atoms with Crippen LogP contribution in [0.1, 0.15) is 5.69 Å². The molecule has 1 rings (SSSR count). The van der Waals surface area contributed by atoms with Crippen LogP contribution in [0.4, 0.5) is 11.5 Å². The molecule has 1 heterocycles. The lowest BCUT2D eigenvalue weighted by molar-refractivity contribution is 1.02. The van der Waals surface area contributed by atoms with Crippen LogP contribution in [0.2, 0.25) is 0 Å². The summed E-state index contributed by atoms with van der Waals surface area (Å²) >= 11 is 0. The number of allylic oxidation sites excluding steroid dienone is 1. The zero-order valence-electron chi connectivity index (χ0n) is 5.59. The zero-order chi connectivity index (χ0) is 7.56. The van der Waals surface area contributed by atoms with Crippen molar-refractivity contribution in [2.45, 2.75) is 6.42 Å². The van der Waals surface area contributed by atoms with Crippen LogP contribution in [0.3, 0.4) is 0 Å². The van der Waals surface area contributed by atoms with Crippen LogP contribution in [0.15, 0.2) is 12.7 Å². The second-order valence-electron chi connectivity index (χ2n) is 1.99. The molecule has 0 aromatic carbocycles. The van der Waals surface area contributed by atoms with Gasteiger partial charge in [-0.15, -0.1) is 6.58 Å². The second kappa shape index (κ2) is 2.43. The van der Waals surface area contributed by atoms with Gasteiger partial charge in [0.15, 0.2) is 5.82 Å². The Morgan fingerprint density at radius 3 is 2.70 bits per heavy atom. The molecule has 0 amide bonds. The fourth-order valence-corrected chi connectivity index (χ4v) is 0.703. The van der Waals surface area contributed by atoms with Gasteiger partial charge < -0.3 is 11.5 Å². The molecule has 0 aliphatic heterocycles. The Kier molecular flexibility index (Phi) is 1.62. The molecule has 4 nitrogen and oxygen atoms in total. The van der Waals surface area contributed by atoms with Crippen LogP contribution in [-0.2, 0) is 6.42 Å². The van der Waals surface area contributed by atoms with Crippen molar-refractivity contribution in [3.8, 4) is 0 Å². The first kappa shape index (κ1) is 6.67. The minimum absolute atomic E-state index is 0.358. The third-order valence-electron chi connectivity index (χ3n) is 1.26. The summed E-state index contributed by atoms with van der Waals surface area (Å²) in [5, 5.41) is 6.42. The predicted molar refractivity (Wildman–Crippen MR) is 41.3 cm³/mol. The maximum atomic E-state index is 5.52. The third kappa shape index (κ3) is 0.953. The Hall–Kier alpha value is -1.45.